The summed E-state index contributed by atoms with van der Waals surface area (Å²) in [5.41, 5.74) is 4.41. The minimum Gasteiger partial charge on any atom is -0.348 e. The van der Waals surface area contributed by atoms with Crippen LogP contribution >= 0.6 is 0 Å². The average molecular weight is 389 g/mol. The topological polar surface area (TPSA) is 79.3 Å². The van der Waals surface area contributed by atoms with E-state index in [1.807, 2.05) is 48.1 Å². The molecular formula is C22H23N5O2. The molecule has 0 saturated carbocycles. The molecule has 7 nitrogen and oxygen atoms in total. The van der Waals surface area contributed by atoms with Gasteiger partial charge in [0.05, 0.1) is 12.7 Å². The lowest BCUT2D eigenvalue weighted by atomic mass is 10.1. The Morgan fingerprint density at radius 1 is 1.17 bits per heavy atom. The van der Waals surface area contributed by atoms with E-state index in [0.717, 1.165) is 16.8 Å². The maximum Gasteiger partial charge on any atom is 0.322 e. The van der Waals surface area contributed by atoms with Gasteiger partial charge in [-0.25, -0.2) is 4.79 Å². The number of carbonyl (C=O) groups is 2. The number of hydrogen-bond acceptors (Lipinski definition) is 3. The molecular weight excluding hydrogens is 366 g/mol. The first-order valence-corrected chi connectivity index (χ1v) is 9.59. The first-order chi connectivity index (χ1) is 14.1. The van der Waals surface area contributed by atoms with Crippen LogP contribution in [0.1, 0.15) is 27.0 Å². The van der Waals surface area contributed by atoms with Gasteiger partial charge in [0, 0.05) is 42.6 Å². The number of urea groups is 1. The minimum atomic E-state index is -0.152. The third kappa shape index (κ3) is 4.29. The van der Waals surface area contributed by atoms with Crippen molar-refractivity contribution >= 4 is 17.6 Å². The molecule has 1 aliphatic rings. The van der Waals surface area contributed by atoms with Gasteiger partial charge in [-0.15, -0.1) is 0 Å². The van der Waals surface area contributed by atoms with Crippen molar-refractivity contribution in [2.45, 2.75) is 20.0 Å². The van der Waals surface area contributed by atoms with E-state index in [9.17, 15) is 9.59 Å². The summed E-state index contributed by atoms with van der Waals surface area (Å²) in [6.45, 7) is 4.28. The van der Waals surface area contributed by atoms with Crippen molar-refractivity contribution in [3.8, 4) is 0 Å². The van der Waals surface area contributed by atoms with Gasteiger partial charge in [-0.3, -0.25) is 14.4 Å². The largest absolute Gasteiger partial charge is 0.348 e. The van der Waals surface area contributed by atoms with Gasteiger partial charge in [0.1, 0.15) is 0 Å². The maximum absolute atomic E-state index is 12.5. The highest BCUT2D eigenvalue weighted by molar-refractivity contribution is 5.97. The molecule has 1 fully saturated rings. The molecule has 2 N–H and O–H groups in total. The summed E-state index contributed by atoms with van der Waals surface area (Å²) in [4.78, 5) is 26.1. The molecule has 3 amide bonds. The van der Waals surface area contributed by atoms with Gasteiger partial charge < -0.3 is 10.6 Å². The van der Waals surface area contributed by atoms with E-state index in [4.69, 9.17) is 0 Å². The summed E-state index contributed by atoms with van der Waals surface area (Å²) >= 11 is 0. The second-order valence-corrected chi connectivity index (χ2v) is 7.10. The van der Waals surface area contributed by atoms with Crippen molar-refractivity contribution < 1.29 is 9.59 Å². The Kier molecular flexibility index (Phi) is 5.29. The predicted molar refractivity (Wildman–Crippen MR) is 111 cm³/mol. The molecule has 148 valence electrons. The van der Waals surface area contributed by atoms with Crippen LogP contribution in [0.15, 0.2) is 60.9 Å². The van der Waals surface area contributed by atoms with E-state index in [2.05, 4.69) is 27.9 Å². The fourth-order valence-corrected chi connectivity index (χ4v) is 3.44. The van der Waals surface area contributed by atoms with Crippen LogP contribution in [0, 0.1) is 6.92 Å². The monoisotopic (exact) mass is 389 g/mol. The number of hydrogen-bond donors (Lipinski definition) is 2. The van der Waals surface area contributed by atoms with Crippen molar-refractivity contribution in [2.75, 3.05) is 18.0 Å². The molecule has 0 atom stereocenters. The lowest BCUT2D eigenvalue weighted by Gasteiger charge is -2.17. The van der Waals surface area contributed by atoms with Crippen molar-refractivity contribution in [1.29, 1.82) is 0 Å². The van der Waals surface area contributed by atoms with Crippen LogP contribution in [0.3, 0.4) is 0 Å². The first-order valence-electron chi connectivity index (χ1n) is 9.59. The summed E-state index contributed by atoms with van der Waals surface area (Å²) in [6, 6.07) is 15.4. The number of aromatic nitrogens is 2. The van der Waals surface area contributed by atoms with Gasteiger partial charge in [-0.1, -0.05) is 30.3 Å². The Morgan fingerprint density at radius 3 is 2.72 bits per heavy atom. The predicted octanol–water partition coefficient (Wildman–Crippen LogP) is 2.70. The Hall–Kier alpha value is -3.61. The fourth-order valence-electron chi connectivity index (χ4n) is 3.44. The molecule has 2 aromatic carbocycles. The van der Waals surface area contributed by atoms with Crippen LogP contribution in [-0.2, 0) is 13.1 Å². The molecule has 0 spiro atoms. The second-order valence-electron chi connectivity index (χ2n) is 7.10. The lowest BCUT2D eigenvalue weighted by Crippen LogP contribution is -2.28. The van der Waals surface area contributed by atoms with Gasteiger partial charge in [-0.2, -0.15) is 5.10 Å². The quantitative estimate of drug-likeness (QED) is 0.680. The molecule has 0 bridgehead atoms. The van der Waals surface area contributed by atoms with Gasteiger partial charge in [0.2, 0.25) is 0 Å². The molecule has 7 heteroatoms. The molecule has 3 aromatic rings. The molecule has 2 heterocycles. The molecule has 0 aliphatic carbocycles. The van der Waals surface area contributed by atoms with Gasteiger partial charge >= 0.3 is 6.03 Å². The van der Waals surface area contributed by atoms with Gasteiger partial charge in [0.25, 0.3) is 5.91 Å². The number of benzene rings is 2. The summed E-state index contributed by atoms with van der Waals surface area (Å²) < 4.78 is 1.86. The average Bonchev–Trinajstić information content (AvgIpc) is 3.35. The van der Waals surface area contributed by atoms with E-state index in [1.165, 1.54) is 5.56 Å². The normalized spacial score (nSPS) is 13.4. The smallest absolute Gasteiger partial charge is 0.322 e. The number of nitrogens with one attached hydrogen (secondary N) is 2. The van der Waals surface area contributed by atoms with Crippen LogP contribution in [0.25, 0.3) is 0 Å². The SMILES string of the molecule is Cc1cc(C(=O)NCc2cnn(Cc3ccccc3)c2)ccc1N1CCNC1=O. The zero-order chi connectivity index (χ0) is 20.2. The number of amides is 3. The third-order valence-corrected chi connectivity index (χ3v) is 4.93. The highest BCUT2D eigenvalue weighted by Crippen LogP contribution is 2.22. The summed E-state index contributed by atoms with van der Waals surface area (Å²) in [5.74, 6) is -0.152. The van der Waals surface area contributed by atoms with Crippen molar-refractivity contribution in [3.63, 3.8) is 0 Å². The van der Waals surface area contributed by atoms with E-state index in [1.54, 1.807) is 17.2 Å². The summed E-state index contributed by atoms with van der Waals surface area (Å²) in [5, 5.41) is 10.1. The van der Waals surface area contributed by atoms with Crippen LogP contribution in [0.4, 0.5) is 10.5 Å². The van der Waals surface area contributed by atoms with Gasteiger partial charge in [-0.05, 0) is 36.2 Å². The van der Waals surface area contributed by atoms with Crippen LogP contribution in [0.5, 0.6) is 0 Å². The Labute approximate surface area is 169 Å². The van der Waals surface area contributed by atoms with E-state index >= 15 is 0 Å². The second kappa shape index (κ2) is 8.18. The number of aryl methyl sites for hydroxylation is 1. The zero-order valence-electron chi connectivity index (χ0n) is 16.3. The molecule has 1 aliphatic heterocycles. The Bertz CT molecular complexity index is 1030. The standard InChI is InChI=1S/C22H23N5O2/c1-16-11-19(7-8-20(16)27-10-9-23-22(27)29)21(28)24-12-18-13-25-26(15-18)14-17-5-3-2-4-6-17/h2-8,11,13,15H,9-10,12,14H2,1H3,(H,23,29)(H,24,28). The Balaban J connectivity index is 1.36. The van der Waals surface area contributed by atoms with E-state index < -0.39 is 0 Å². The highest BCUT2D eigenvalue weighted by Gasteiger charge is 2.22. The number of carbonyl (C=O) groups excluding carboxylic acids is 2. The lowest BCUT2D eigenvalue weighted by molar-refractivity contribution is 0.0951. The molecule has 1 saturated heterocycles. The molecule has 1 aromatic heterocycles. The molecule has 4 rings (SSSR count). The van der Waals surface area contributed by atoms with Crippen molar-refractivity contribution in [1.82, 2.24) is 20.4 Å². The van der Waals surface area contributed by atoms with E-state index in [0.29, 0.717) is 31.7 Å². The van der Waals surface area contributed by atoms with Crippen molar-refractivity contribution in [3.05, 3.63) is 83.2 Å². The van der Waals surface area contributed by atoms with Crippen LogP contribution in [-0.4, -0.2) is 34.8 Å². The molecule has 0 radical (unpaired) electrons. The summed E-state index contributed by atoms with van der Waals surface area (Å²) in [6.07, 6.45) is 3.71. The van der Waals surface area contributed by atoms with Crippen molar-refractivity contribution in [2.24, 2.45) is 0 Å². The van der Waals surface area contributed by atoms with E-state index in [-0.39, 0.29) is 11.9 Å². The van der Waals surface area contributed by atoms with Gasteiger partial charge in [0.15, 0.2) is 0 Å². The fraction of sp³-hybridized carbons (Fsp3) is 0.227. The zero-order valence-corrected chi connectivity index (χ0v) is 16.3. The first kappa shape index (κ1) is 18.7. The summed E-state index contributed by atoms with van der Waals surface area (Å²) in [7, 11) is 0. The Morgan fingerprint density at radius 2 is 2.00 bits per heavy atom. The number of rotatable bonds is 6. The maximum atomic E-state index is 12.5. The van der Waals surface area contributed by atoms with Crippen LogP contribution in [0.2, 0.25) is 0 Å². The minimum absolute atomic E-state index is 0.0992. The van der Waals surface area contributed by atoms with Crippen LogP contribution < -0.4 is 15.5 Å². The molecule has 29 heavy (non-hydrogen) atoms. The highest BCUT2D eigenvalue weighted by atomic mass is 16.2. The molecule has 0 unspecified atom stereocenters. The number of anilines is 1. The number of nitrogens with zero attached hydrogens (tertiary/aromatic N) is 3. The third-order valence-electron chi connectivity index (χ3n) is 4.93.